The lowest BCUT2D eigenvalue weighted by molar-refractivity contribution is -0.142. The zero-order valence-electron chi connectivity index (χ0n) is 9.03. The second-order valence-electron chi connectivity index (χ2n) is 3.92. The molecule has 0 radical (unpaired) electrons. The van der Waals surface area contributed by atoms with E-state index in [1.165, 1.54) is 4.90 Å². The van der Waals surface area contributed by atoms with Crippen molar-refractivity contribution < 1.29 is 14.7 Å². The van der Waals surface area contributed by atoms with Crippen LogP contribution < -0.4 is 5.32 Å². The molecule has 0 bridgehead atoms. The molecule has 2 atom stereocenters. The average Bonchev–Trinajstić information content (AvgIpc) is 2.86. The van der Waals surface area contributed by atoms with Gasteiger partial charge in [0, 0.05) is 24.6 Å². The van der Waals surface area contributed by atoms with Crippen molar-refractivity contribution in [3.63, 3.8) is 0 Å². The van der Waals surface area contributed by atoms with Crippen LogP contribution in [0.4, 0.5) is 9.93 Å². The minimum Gasteiger partial charge on any atom is -0.481 e. The summed E-state index contributed by atoms with van der Waals surface area (Å²) in [4.78, 5) is 24.1. The predicted octanol–water partition coefficient (Wildman–Crippen LogP) is 0.117. The highest BCUT2D eigenvalue weighted by Crippen LogP contribution is 2.23. The summed E-state index contributed by atoms with van der Waals surface area (Å²) in [6.07, 6.45) is 0. The van der Waals surface area contributed by atoms with Crippen molar-refractivity contribution in [2.24, 2.45) is 11.8 Å². The van der Waals surface area contributed by atoms with Crippen LogP contribution in [-0.2, 0) is 4.79 Å². The van der Waals surface area contributed by atoms with Gasteiger partial charge in [0.2, 0.25) is 5.13 Å². The average molecular weight is 257 g/mol. The van der Waals surface area contributed by atoms with Crippen molar-refractivity contribution in [1.82, 2.24) is 19.7 Å². The molecule has 2 N–H and O–H groups in total. The molecule has 2 heterocycles. The third kappa shape index (κ3) is 2.49. The molecule has 2 rings (SSSR count). The fourth-order valence-corrected chi connectivity index (χ4v) is 2.16. The molecule has 0 aliphatic carbocycles. The summed E-state index contributed by atoms with van der Waals surface area (Å²) >= 11 is 0.971. The van der Waals surface area contributed by atoms with Crippen LogP contribution in [0.15, 0.2) is 0 Å². The first-order valence-corrected chi connectivity index (χ1v) is 5.79. The zero-order valence-corrected chi connectivity index (χ0v) is 9.85. The largest absolute Gasteiger partial charge is 0.481 e. The topological polar surface area (TPSA) is 108 Å². The number of hydrogen-bond acceptors (Lipinski definition) is 6. The fourth-order valence-electron chi connectivity index (χ4n) is 1.81. The lowest BCUT2D eigenvalue weighted by atomic mass is 9.99. The number of anilines is 1. The van der Waals surface area contributed by atoms with Crippen LogP contribution in [0.5, 0.6) is 0 Å². The lowest BCUT2D eigenvalue weighted by Gasteiger charge is -2.14. The number of rotatable bonds is 2. The smallest absolute Gasteiger partial charge is 0.323 e. The Morgan fingerprint density at radius 1 is 1.53 bits per heavy atom. The minimum atomic E-state index is -0.870. The lowest BCUT2D eigenvalue weighted by Crippen LogP contribution is -2.33. The van der Waals surface area contributed by atoms with Crippen LogP contribution in [0.2, 0.25) is 0 Å². The Morgan fingerprint density at radius 2 is 2.29 bits per heavy atom. The van der Waals surface area contributed by atoms with Crippen LogP contribution in [0.3, 0.4) is 0 Å². The third-order valence-corrected chi connectivity index (χ3v) is 3.24. The fraction of sp³-hybridized carbons (Fsp3) is 0.625. The summed E-state index contributed by atoms with van der Waals surface area (Å²) < 4.78 is 3.51. The van der Waals surface area contributed by atoms with Crippen molar-refractivity contribution >= 4 is 28.7 Å². The van der Waals surface area contributed by atoms with Gasteiger partial charge in [-0.15, -0.1) is 0 Å². The van der Waals surface area contributed by atoms with Crippen LogP contribution in [0, 0.1) is 11.8 Å². The van der Waals surface area contributed by atoms with E-state index >= 15 is 0 Å². The van der Waals surface area contributed by atoms with Crippen LogP contribution in [0.1, 0.15) is 6.92 Å². The van der Waals surface area contributed by atoms with Crippen LogP contribution >= 0.6 is 11.5 Å². The molecule has 0 spiro atoms. The maximum Gasteiger partial charge on any atom is 0.323 e. The molecule has 1 aromatic rings. The number of carbonyl (C=O) groups is 2. The zero-order chi connectivity index (χ0) is 12.4. The Bertz CT molecular complexity index is 423. The predicted molar refractivity (Wildman–Crippen MR) is 58.6 cm³/mol. The van der Waals surface area contributed by atoms with Crippen molar-refractivity contribution in [3.05, 3.63) is 0 Å². The number of nitrogens with zero attached hydrogens (tertiary/aromatic N) is 4. The maximum absolute atomic E-state index is 11.8. The second kappa shape index (κ2) is 4.62. The Labute approximate surface area is 101 Å². The minimum absolute atomic E-state index is 0.0502. The molecule has 0 saturated carbocycles. The maximum atomic E-state index is 11.8. The number of likely N-dealkylation sites (tertiary alicyclic amines) is 1. The second-order valence-corrected chi connectivity index (χ2v) is 4.66. The van der Waals surface area contributed by atoms with Gasteiger partial charge in [-0.05, 0) is 11.1 Å². The number of urea groups is 1. The number of hydrogen-bond donors (Lipinski definition) is 2. The van der Waals surface area contributed by atoms with E-state index in [1.54, 1.807) is 0 Å². The highest BCUT2D eigenvalue weighted by atomic mass is 32.1. The van der Waals surface area contributed by atoms with E-state index in [0.717, 1.165) is 11.5 Å². The molecule has 1 aliphatic heterocycles. The quantitative estimate of drug-likeness (QED) is 0.778. The molecule has 2 unspecified atom stereocenters. The van der Waals surface area contributed by atoms with Gasteiger partial charge in [0.25, 0.3) is 0 Å². The molecule has 0 aromatic carbocycles. The monoisotopic (exact) mass is 257 g/mol. The SMILES string of the molecule is CC1CN(C(=O)Nc2nnns2)CC1C(=O)O. The Morgan fingerprint density at radius 3 is 2.82 bits per heavy atom. The Balaban J connectivity index is 1.96. The van der Waals surface area contributed by atoms with Gasteiger partial charge in [-0.3, -0.25) is 10.1 Å². The molecule has 8 nitrogen and oxygen atoms in total. The Hall–Kier alpha value is -1.77. The molecule has 1 saturated heterocycles. The summed E-state index contributed by atoms with van der Waals surface area (Å²) in [7, 11) is 0. The van der Waals surface area contributed by atoms with Gasteiger partial charge >= 0.3 is 12.0 Å². The van der Waals surface area contributed by atoms with E-state index in [9.17, 15) is 9.59 Å². The molecule has 1 aliphatic rings. The molecule has 92 valence electrons. The van der Waals surface area contributed by atoms with Crippen molar-refractivity contribution in [3.8, 4) is 0 Å². The van der Waals surface area contributed by atoms with Crippen molar-refractivity contribution in [2.75, 3.05) is 18.4 Å². The molecular formula is C8H11N5O3S. The van der Waals surface area contributed by atoms with E-state index in [-0.39, 0.29) is 18.5 Å². The third-order valence-electron chi connectivity index (χ3n) is 2.73. The number of aromatic nitrogens is 3. The van der Waals surface area contributed by atoms with E-state index in [0.29, 0.717) is 11.7 Å². The van der Waals surface area contributed by atoms with Crippen molar-refractivity contribution in [1.29, 1.82) is 0 Å². The van der Waals surface area contributed by atoms with Gasteiger partial charge in [-0.25, -0.2) is 4.79 Å². The number of nitrogens with one attached hydrogen (secondary N) is 1. The number of carboxylic acid groups (broad SMARTS) is 1. The summed E-state index contributed by atoms with van der Waals surface area (Å²) in [6, 6.07) is -0.362. The van der Waals surface area contributed by atoms with Gasteiger partial charge in [0.1, 0.15) is 0 Å². The normalized spacial score (nSPS) is 23.7. The molecule has 17 heavy (non-hydrogen) atoms. The first-order valence-electron chi connectivity index (χ1n) is 5.01. The molecule has 1 aromatic heterocycles. The summed E-state index contributed by atoms with van der Waals surface area (Å²) in [6.45, 7) is 2.46. The Kier molecular flexibility index (Phi) is 3.18. The van der Waals surface area contributed by atoms with Gasteiger partial charge in [-0.2, -0.15) is 0 Å². The standard InChI is InChI=1S/C8H11N5O3S/c1-4-2-13(3-5(4)6(14)15)8(16)9-7-10-11-12-17-7/h4-5H,2-3H2,1H3,(H,14,15)(H,9,10,12,16). The summed E-state index contributed by atoms with van der Waals surface area (Å²) in [5.41, 5.74) is 0. The van der Waals surface area contributed by atoms with E-state index in [2.05, 4.69) is 20.1 Å². The summed E-state index contributed by atoms with van der Waals surface area (Å²) in [5, 5.41) is 18.7. The molecule has 2 amide bonds. The summed E-state index contributed by atoms with van der Waals surface area (Å²) in [5.74, 6) is -1.43. The highest BCUT2D eigenvalue weighted by Gasteiger charge is 2.37. The molecule has 9 heteroatoms. The highest BCUT2D eigenvalue weighted by molar-refractivity contribution is 7.09. The number of carboxylic acids is 1. The first-order chi connectivity index (χ1) is 8.08. The van der Waals surface area contributed by atoms with E-state index in [1.807, 2.05) is 6.92 Å². The van der Waals surface area contributed by atoms with E-state index < -0.39 is 11.9 Å². The van der Waals surface area contributed by atoms with Crippen LogP contribution in [0.25, 0.3) is 0 Å². The number of carbonyl (C=O) groups excluding carboxylic acids is 1. The molecular weight excluding hydrogens is 246 g/mol. The van der Waals surface area contributed by atoms with Gasteiger partial charge in [-0.1, -0.05) is 16.5 Å². The van der Waals surface area contributed by atoms with E-state index in [4.69, 9.17) is 5.11 Å². The first kappa shape index (κ1) is 11.7. The van der Waals surface area contributed by atoms with Gasteiger partial charge in [0.05, 0.1) is 5.92 Å². The number of amides is 2. The van der Waals surface area contributed by atoms with Crippen molar-refractivity contribution in [2.45, 2.75) is 6.92 Å². The molecule has 1 fully saturated rings. The number of aliphatic carboxylic acids is 1. The van der Waals surface area contributed by atoms with Crippen LogP contribution in [-0.4, -0.2) is 49.9 Å². The van der Waals surface area contributed by atoms with Gasteiger partial charge < -0.3 is 10.0 Å². The van der Waals surface area contributed by atoms with Gasteiger partial charge in [0.15, 0.2) is 0 Å².